The molecule has 19 heavy (non-hydrogen) atoms. The molecule has 1 aromatic carbocycles. The summed E-state index contributed by atoms with van der Waals surface area (Å²) in [5.41, 5.74) is 2.89. The van der Waals surface area contributed by atoms with Gasteiger partial charge < -0.3 is 10.1 Å². The van der Waals surface area contributed by atoms with Crippen LogP contribution in [0.1, 0.15) is 37.3 Å². The van der Waals surface area contributed by atoms with Crippen molar-refractivity contribution >= 4 is 0 Å². The molecule has 1 aromatic rings. The fraction of sp³-hybridized carbons (Fsp3) is 0.562. The summed E-state index contributed by atoms with van der Waals surface area (Å²) in [6.07, 6.45) is 5.41. The number of nitrogens with one attached hydrogen (secondary N) is 1. The molecule has 0 amide bonds. The number of nitrogens with zero attached hydrogens (tertiary/aromatic N) is 1. The lowest BCUT2D eigenvalue weighted by Gasteiger charge is -2.12. The Balaban J connectivity index is 1.77. The highest BCUT2D eigenvalue weighted by Gasteiger charge is 2.11. The third-order valence-electron chi connectivity index (χ3n) is 3.54. The summed E-state index contributed by atoms with van der Waals surface area (Å²) >= 11 is 0. The maximum atomic E-state index is 9.01. The molecule has 2 rings (SSSR count). The molecule has 0 saturated heterocycles. The number of hydrogen-bond acceptors (Lipinski definition) is 3. The molecule has 102 valence electrons. The van der Waals surface area contributed by atoms with Gasteiger partial charge in [0.1, 0.15) is 5.75 Å². The third kappa shape index (κ3) is 3.97. The second kappa shape index (κ2) is 7.16. The van der Waals surface area contributed by atoms with Gasteiger partial charge in [-0.1, -0.05) is 13.0 Å². The van der Waals surface area contributed by atoms with Crippen molar-refractivity contribution in [2.24, 2.45) is 0 Å². The maximum Gasteiger partial charge on any atom is 0.119 e. The second-order valence-electron chi connectivity index (χ2n) is 5.06. The van der Waals surface area contributed by atoms with Gasteiger partial charge in [-0.05, 0) is 55.5 Å². The molecule has 0 bridgehead atoms. The lowest BCUT2D eigenvalue weighted by Crippen LogP contribution is -2.29. The van der Waals surface area contributed by atoms with E-state index in [9.17, 15) is 0 Å². The number of rotatable bonds is 7. The highest BCUT2D eigenvalue weighted by atomic mass is 16.5. The Morgan fingerprint density at radius 2 is 2.21 bits per heavy atom. The molecule has 1 aliphatic carbocycles. The van der Waals surface area contributed by atoms with E-state index in [2.05, 4.69) is 30.4 Å². The van der Waals surface area contributed by atoms with Gasteiger partial charge in [0.15, 0.2) is 0 Å². The normalized spacial score (nSPS) is 14.7. The Bertz CT molecular complexity index is 451. The Hall–Kier alpha value is -1.53. The first-order chi connectivity index (χ1) is 9.33. The number of aryl methyl sites for hydroxylation is 2. The van der Waals surface area contributed by atoms with Crippen molar-refractivity contribution in [3.05, 3.63) is 29.3 Å². The summed E-state index contributed by atoms with van der Waals surface area (Å²) in [6, 6.07) is 8.55. The van der Waals surface area contributed by atoms with Crippen LogP contribution in [0.4, 0.5) is 0 Å². The Labute approximate surface area is 115 Å². The average molecular weight is 258 g/mol. The number of fused-ring (bicyclic) bond motifs is 1. The van der Waals surface area contributed by atoms with Gasteiger partial charge in [-0.25, -0.2) is 0 Å². The van der Waals surface area contributed by atoms with Crippen LogP contribution in [0.15, 0.2) is 18.2 Å². The predicted octanol–water partition coefficient (Wildman–Crippen LogP) is 2.84. The molecule has 1 N–H and O–H groups in total. The maximum absolute atomic E-state index is 9.01. The first kappa shape index (κ1) is 13.9. The summed E-state index contributed by atoms with van der Waals surface area (Å²) in [5.74, 6) is 0.938. The molecule has 0 saturated carbocycles. The molecule has 0 aliphatic heterocycles. The van der Waals surface area contributed by atoms with E-state index >= 15 is 0 Å². The number of nitriles is 1. The van der Waals surface area contributed by atoms with Gasteiger partial charge in [-0.2, -0.15) is 5.26 Å². The van der Waals surface area contributed by atoms with Crippen LogP contribution in [0.25, 0.3) is 0 Å². The van der Waals surface area contributed by atoms with Crippen molar-refractivity contribution in [2.75, 3.05) is 13.2 Å². The van der Waals surface area contributed by atoms with Crippen LogP contribution in [-0.2, 0) is 12.8 Å². The van der Waals surface area contributed by atoms with Gasteiger partial charge in [-0.15, -0.1) is 0 Å². The number of hydrogen-bond donors (Lipinski definition) is 1. The smallest absolute Gasteiger partial charge is 0.119 e. The second-order valence-corrected chi connectivity index (χ2v) is 5.06. The van der Waals surface area contributed by atoms with Gasteiger partial charge in [0.2, 0.25) is 0 Å². The molecule has 3 heteroatoms. The van der Waals surface area contributed by atoms with Gasteiger partial charge >= 0.3 is 0 Å². The minimum atomic E-state index is -0.102. The van der Waals surface area contributed by atoms with E-state index in [0.29, 0.717) is 6.61 Å². The molecular formula is C16H22N2O. The van der Waals surface area contributed by atoms with Crippen molar-refractivity contribution < 1.29 is 4.74 Å². The molecule has 0 radical (unpaired) electrons. The van der Waals surface area contributed by atoms with Crippen LogP contribution in [0, 0.1) is 11.3 Å². The molecule has 1 unspecified atom stereocenters. The van der Waals surface area contributed by atoms with Crippen molar-refractivity contribution in [1.29, 1.82) is 5.26 Å². The van der Waals surface area contributed by atoms with Gasteiger partial charge in [0, 0.05) is 6.42 Å². The van der Waals surface area contributed by atoms with E-state index in [-0.39, 0.29) is 6.04 Å². The van der Waals surface area contributed by atoms with Crippen LogP contribution >= 0.6 is 0 Å². The van der Waals surface area contributed by atoms with E-state index in [1.165, 1.54) is 30.4 Å². The van der Waals surface area contributed by atoms with Crippen LogP contribution in [0.2, 0.25) is 0 Å². The zero-order valence-corrected chi connectivity index (χ0v) is 11.6. The summed E-state index contributed by atoms with van der Waals surface area (Å²) < 4.78 is 5.75. The van der Waals surface area contributed by atoms with Crippen molar-refractivity contribution in [3.63, 3.8) is 0 Å². The monoisotopic (exact) mass is 258 g/mol. The average Bonchev–Trinajstić information content (AvgIpc) is 2.90. The molecule has 3 nitrogen and oxygen atoms in total. The first-order valence-electron chi connectivity index (χ1n) is 7.21. The Morgan fingerprint density at radius 1 is 1.37 bits per heavy atom. The van der Waals surface area contributed by atoms with Gasteiger partial charge in [-0.3, -0.25) is 0 Å². The molecule has 1 atom stereocenters. The standard InChI is InChI=1S/C16H22N2O/c1-2-9-18-15(12-17)8-10-19-16-7-6-13-4-3-5-14(13)11-16/h6-7,11,15,18H,2-5,8-10H2,1H3. The molecule has 0 fully saturated rings. The van der Waals surface area contributed by atoms with Gasteiger partial charge in [0.25, 0.3) is 0 Å². The van der Waals surface area contributed by atoms with E-state index in [0.717, 1.165) is 25.1 Å². The largest absolute Gasteiger partial charge is 0.493 e. The molecule has 0 heterocycles. The molecule has 0 aromatic heterocycles. The summed E-state index contributed by atoms with van der Waals surface area (Å²) in [4.78, 5) is 0. The van der Waals surface area contributed by atoms with Crippen molar-refractivity contribution in [1.82, 2.24) is 5.32 Å². The molecular weight excluding hydrogens is 236 g/mol. The van der Waals surface area contributed by atoms with Crippen molar-refractivity contribution in [2.45, 2.75) is 45.1 Å². The number of ether oxygens (including phenoxy) is 1. The van der Waals surface area contributed by atoms with Crippen LogP contribution in [0.5, 0.6) is 5.75 Å². The van der Waals surface area contributed by atoms with E-state index in [4.69, 9.17) is 10.00 Å². The van der Waals surface area contributed by atoms with E-state index in [1.54, 1.807) is 0 Å². The highest BCUT2D eigenvalue weighted by molar-refractivity contribution is 5.38. The minimum absolute atomic E-state index is 0.102. The summed E-state index contributed by atoms with van der Waals surface area (Å²) in [6.45, 7) is 3.58. The van der Waals surface area contributed by atoms with Gasteiger partial charge in [0.05, 0.1) is 18.7 Å². The highest BCUT2D eigenvalue weighted by Crippen LogP contribution is 2.26. The SMILES string of the molecule is CCCNC(C#N)CCOc1ccc2c(c1)CCC2. The fourth-order valence-electron chi connectivity index (χ4n) is 2.46. The van der Waals surface area contributed by atoms with Crippen LogP contribution in [0.3, 0.4) is 0 Å². The fourth-order valence-corrected chi connectivity index (χ4v) is 2.46. The number of benzene rings is 1. The van der Waals surface area contributed by atoms with Crippen LogP contribution < -0.4 is 10.1 Å². The quantitative estimate of drug-likeness (QED) is 0.818. The topological polar surface area (TPSA) is 45.0 Å². The Kier molecular flexibility index (Phi) is 5.23. The van der Waals surface area contributed by atoms with E-state index in [1.807, 2.05) is 6.07 Å². The minimum Gasteiger partial charge on any atom is -0.493 e. The third-order valence-corrected chi connectivity index (χ3v) is 3.54. The zero-order valence-electron chi connectivity index (χ0n) is 11.6. The molecule has 0 spiro atoms. The summed E-state index contributed by atoms with van der Waals surface area (Å²) in [5, 5.41) is 12.2. The van der Waals surface area contributed by atoms with Crippen molar-refractivity contribution in [3.8, 4) is 11.8 Å². The molecule has 1 aliphatic rings. The lowest BCUT2D eigenvalue weighted by atomic mass is 10.1. The Morgan fingerprint density at radius 3 is 3.00 bits per heavy atom. The lowest BCUT2D eigenvalue weighted by molar-refractivity contribution is 0.297. The van der Waals surface area contributed by atoms with Crippen LogP contribution in [-0.4, -0.2) is 19.2 Å². The first-order valence-corrected chi connectivity index (χ1v) is 7.21. The van der Waals surface area contributed by atoms with E-state index < -0.39 is 0 Å². The summed E-state index contributed by atoms with van der Waals surface area (Å²) in [7, 11) is 0. The zero-order chi connectivity index (χ0) is 13.5. The predicted molar refractivity (Wildman–Crippen MR) is 76.3 cm³/mol.